The quantitative estimate of drug-likeness (QED) is 0.703. The fraction of sp³-hybridized carbons (Fsp3) is 0.833. The van der Waals surface area contributed by atoms with Gasteiger partial charge in [0.05, 0.1) is 0 Å². The normalized spacial score (nSPS) is 32.8. The van der Waals surface area contributed by atoms with Crippen LogP contribution < -0.4 is 11.1 Å². The van der Waals surface area contributed by atoms with Crippen LogP contribution in [0.2, 0.25) is 0 Å². The third-order valence-corrected chi connectivity index (χ3v) is 3.91. The molecule has 1 aliphatic carbocycles. The van der Waals surface area contributed by atoms with Crippen molar-refractivity contribution in [2.75, 3.05) is 13.6 Å². The van der Waals surface area contributed by atoms with Gasteiger partial charge in [-0.2, -0.15) is 0 Å². The van der Waals surface area contributed by atoms with E-state index in [1.54, 1.807) is 11.9 Å². The highest BCUT2D eigenvalue weighted by Gasteiger charge is 2.38. The molecule has 2 fully saturated rings. The highest BCUT2D eigenvalue weighted by Crippen LogP contribution is 2.29. The number of nitrogens with two attached hydrogens (primary N) is 1. The van der Waals surface area contributed by atoms with Crippen molar-refractivity contribution in [2.45, 2.75) is 44.2 Å². The maximum Gasteiger partial charge on any atom is 0.242 e. The minimum atomic E-state index is -0.260. The highest BCUT2D eigenvalue weighted by molar-refractivity contribution is 5.89. The molecule has 0 aromatic rings. The van der Waals surface area contributed by atoms with E-state index in [9.17, 15) is 9.59 Å². The Balaban J connectivity index is 2.01. The molecular formula is C12H21N3O2. The minimum Gasteiger partial charge on any atom is -0.357 e. The second kappa shape index (κ2) is 5.04. The molecule has 5 nitrogen and oxygen atoms in total. The summed E-state index contributed by atoms with van der Waals surface area (Å²) in [7, 11) is 1.62. The number of hydrogen-bond acceptors (Lipinski definition) is 3. The Hall–Kier alpha value is -1.10. The second-order valence-electron chi connectivity index (χ2n) is 5.07. The van der Waals surface area contributed by atoms with Crippen molar-refractivity contribution in [3.63, 3.8) is 0 Å². The summed E-state index contributed by atoms with van der Waals surface area (Å²) in [5, 5.41) is 2.63. The SMILES string of the molecule is CNC(=O)C1CCCN1C(=O)C1CCC(N)C1. The summed E-state index contributed by atoms with van der Waals surface area (Å²) in [6, 6.07) is -0.102. The van der Waals surface area contributed by atoms with Crippen LogP contribution in [0.4, 0.5) is 0 Å². The average molecular weight is 239 g/mol. The zero-order valence-electron chi connectivity index (χ0n) is 10.3. The molecule has 2 rings (SSSR count). The molecule has 96 valence electrons. The maximum absolute atomic E-state index is 12.3. The van der Waals surface area contributed by atoms with Crippen molar-refractivity contribution < 1.29 is 9.59 Å². The molecule has 5 heteroatoms. The standard InChI is InChI=1S/C12H21N3O2/c1-14-11(16)10-3-2-6-15(10)12(17)8-4-5-9(13)7-8/h8-10H,2-7,13H2,1H3,(H,14,16). The smallest absolute Gasteiger partial charge is 0.242 e. The molecule has 0 aromatic carbocycles. The molecule has 3 atom stereocenters. The summed E-state index contributed by atoms with van der Waals surface area (Å²) in [6.45, 7) is 0.711. The molecular weight excluding hydrogens is 218 g/mol. The summed E-state index contributed by atoms with van der Waals surface area (Å²) in [5.74, 6) is 0.123. The summed E-state index contributed by atoms with van der Waals surface area (Å²) < 4.78 is 0. The van der Waals surface area contributed by atoms with Crippen LogP contribution in [-0.4, -0.2) is 42.4 Å². The van der Waals surface area contributed by atoms with Gasteiger partial charge < -0.3 is 16.0 Å². The van der Waals surface area contributed by atoms with E-state index in [1.165, 1.54) is 0 Å². The van der Waals surface area contributed by atoms with Gasteiger partial charge in [0.25, 0.3) is 0 Å². The first kappa shape index (κ1) is 12.4. The maximum atomic E-state index is 12.3. The average Bonchev–Trinajstić information content (AvgIpc) is 2.95. The van der Waals surface area contributed by atoms with E-state index in [0.717, 1.165) is 32.1 Å². The number of carbonyl (C=O) groups is 2. The van der Waals surface area contributed by atoms with E-state index in [0.29, 0.717) is 6.54 Å². The van der Waals surface area contributed by atoms with Gasteiger partial charge in [0, 0.05) is 25.6 Å². The number of likely N-dealkylation sites (N-methyl/N-ethyl adjacent to an activating group) is 1. The fourth-order valence-corrected chi connectivity index (χ4v) is 2.94. The zero-order valence-corrected chi connectivity index (χ0v) is 10.3. The fourth-order valence-electron chi connectivity index (χ4n) is 2.94. The Bertz CT molecular complexity index is 319. The lowest BCUT2D eigenvalue weighted by atomic mass is 10.1. The van der Waals surface area contributed by atoms with Crippen molar-refractivity contribution in [1.29, 1.82) is 0 Å². The summed E-state index contributed by atoms with van der Waals surface area (Å²) in [5.41, 5.74) is 5.83. The number of nitrogens with zero attached hydrogens (tertiary/aromatic N) is 1. The number of hydrogen-bond donors (Lipinski definition) is 2. The van der Waals surface area contributed by atoms with Crippen molar-refractivity contribution in [3.05, 3.63) is 0 Å². The molecule has 1 aliphatic heterocycles. The van der Waals surface area contributed by atoms with Gasteiger partial charge in [0.15, 0.2) is 0 Å². The Kier molecular flexibility index (Phi) is 3.66. The van der Waals surface area contributed by atoms with E-state index in [2.05, 4.69) is 5.32 Å². The first-order valence-corrected chi connectivity index (χ1v) is 6.41. The molecule has 2 amide bonds. The van der Waals surface area contributed by atoms with Gasteiger partial charge in [-0.15, -0.1) is 0 Å². The Labute approximate surface area is 102 Å². The summed E-state index contributed by atoms with van der Waals surface area (Å²) >= 11 is 0. The van der Waals surface area contributed by atoms with Crippen LogP contribution in [0, 0.1) is 5.92 Å². The monoisotopic (exact) mass is 239 g/mol. The lowest BCUT2D eigenvalue weighted by Crippen LogP contribution is -2.46. The second-order valence-corrected chi connectivity index (χ2v) is 5.07. The van der Waals surface area contributed by atoms with Gasteiger partial charge in [0.1, 0.15) is 6.04 Å². The van der Waals surface area contributed by atoms with Gasteiger partial charge in [-0.25, -0.2) is 0 Å². The molecule has 3 unspecified atom stereocenters. The van der Waals surface area contributed by atoms with Crippen LogP contribution in [0.5, 0.6) is 0 Å². The predicted octanol–water partition coefficient (Wildman–Crippen LogP) is -0.149. The number of nitrogens with one attached hydrogen (secondary N) is 1. The van der Waals surface area contributed by atoms with Crippen LogP contribution in [0.1, 0.15) is 32.1 Å². The van der Waals surface area contributed by atoms with Crippen molar-refractivity contribution in [1.82, 2.24) is 10.2 Å². The zero-order chi connectivity index (χ0) is 12.4. The van der Waals surface area contributed by atoms with Crippen molar-refractivity contribution in [2.24, 2.45) is 11.7 Å². The Morgan fingerprint density at radius 2 is 2.06 bits per heavy atom. The highest BCUT2D eigenvalue weighted by atomic mass is 16.2. The lowest BCUT2D eigenvalue weighted by molar-refractivity contribution is -0.141. The van der Waals surface area contributed by atoms with Gasteiger partial charge in [-0.3, -0.25) is 9.59 Å². The number of likely N-dealkylation sites (tertiary alicyclic amines) is 1. The molecule has 2 aliphatic rings. The third-order valence-electron chi connectivity index (χ3n) is 3.91. The van der Waals surface area contributed by atoms with Gasteiger partial charge in [-0.05, 0) is 32.1 Å². The van der Waals surface area contributed by atoms with E-state index < -0.39 is 0 Å². The van der Waals surface area contributed by atoms with Gasteiger partial charge >= 0.3 is 0 Å². The molecule has 0 spiro atoms. The first-order valence-electron chi connectivity index (χ1n) is 6.41. The Morgan fingerprint density at radius 1 is 1.29 bits per heavy atom. The van der Waals surface area contributed by atoms with Gasteiger partial charge in [-0.1, -0.05) is 0 Å². The number of carbonyl (C=O) groups excluding carboxylic acids is 2. The van der Waals surface area contributed by atoms with Gasteiger partial charge in [0.2, 0.25) is 11.8 Å². The van der Waals surface area contributed by atoms with Crippen LogP contribution in [0.25, 0.3) is 0 Å². The largest absolute Gasteiger partial charge is 0.357 e. The predicted molar refractivity (Wildman–Crippen MR) is 64.1 cm³/mol. The molecule has 0 radical (unpaired) electrons. The summed E-state index contributed by atoms with van der Waals surface area (Å²) in [4.78, 5) is 25.7. The summed E-state index contributed by atoms with van der Waals surface area (Å²) in [6.07, 6.45) is 4.27. The van der Waals surface area contributed by atoms with Crippen LogP contribution in [-0.2, 0) is 9.59 Å². The lowest BCUT2D eigenvalue weighted by Gasteiger charge is -2.26. The van der Waals surface area contributed by atoms with Crippen LogP contribution >= 0.6 is 0 Å². The molecule has 1 heterocycles. The minimum absolute atomic E-state index is 0.0373. The Morgan fingerprint density at radius 3 is 2.65 bits per heavy atom. The van der Waals surface area contributed by atoms with E-state index >= 15 is 0 Å². The molecule has 0 aromatic heterocycles. The number of rotatable bonds is 2. The van der Waals surface area contributed by atoms with E-state index in [-0.39, 0.29) is 29.8 Å². The topological polar surface area (TPSA) is 75.4 Å². The molecule has 1 saturated carbocycles. The number of amides is 2. The van der Waals surface area contributed by atoms with Crippen LogP contribution in [0.3, 0.4) is 0 Å². The van der Waals surface area contributed by atoms with Crippen LogP contribution in [0.15, 0.2) is 0 Å². The van der Waals surface area contributed by atoms with E-state index in [4.69, 9.17) is 5.73 Å². The van der Waals surface area contributed by atoms with Crippen molar-refractivity contribution in [3.8, 4) is 0 Å². The molecule has 17 heavy (non-hydrogen) atoms. The molecule has 0 bridgehead atoms. The van der Waals surface area contributed by atoms with Crippen molar-refractivity contribution >= 4 is 11.8 Å². The molecule has 3 N–H and O–H groups in total. The van der Waals surface area contributed by atoms with E-state index in [1.807, 2.05) is 0 Å². The molecule has 1 saturated heterocycles. The first-order chi connectivity index (χ1) is 8.13. The third kappa shape index (κ3) is 2.44.